The molecule has 1 aliphatic heterocycles. The highest BCUT2D eigenvalue weighted by molar-refractivity contribution is 7.17. The number of anilines is 2. The number of carbonyl (C=O) groups is 4. The van der Waals surface area contributed by atoms with Crippen LogP contribution in [0.15, 0.2) is 24.3 Å². The lowest BCUT2D eigenvalue weighted by Gasteiger charge is -2.18. The summed E-state index contributed by atoms with van der Waals surface area (Å²) in [7, 11) is 0. The van der Waals surface area contributed by atoms with Crippen LogP contribution in [0, 0.1) is 18.8 Å². The SMILES string of the molecule is CCOC(=O)c1c(NC(=O)COC(=O)C2CC(=O)N(c3ccc(C)cc3)C2)sc2c1CCC(C)C2. The quantitative estimate of drug-likeness (QED) is 0.581. The van der Waals surface area contributed by atoms with Crippen LogP contribution in [0.3, 0.4) is 0 Å². The van der Waals surface area contributed by atoms with Crippen LogP contribution in [0.1, 0.15) is 53.1 Å². The van der Waals surface area contributed by atoms with Crippen molar-refractivity contribution in [3.63, 3.8) is 0 Å². The average molecular weight is 499 g/mol. The van der Waals surface area contributed by atoms with E-state index in [0.29, 0.717) is 16.5 Å². The van der Waals surface area contributed by atoms with Crippen LogP contribution in [-0.4, -0.2) is 43.5 Å². The minimum absolute atomic E-state index is 0.0389. The molecular weight excluding hydrogens is 468 g/mol. The third-order valence-electron chi connectivity index (χ3n) is 6.39. The fraction of sp³-hybridized carbons (Fsp3) is 0.462. The molecule has 1 fully saturated rings. The van der Waals surface area contributed by atoms with E-state index in [2.05, 4.69) is 12.2 Å². The first-order chi connectivity index (χ1) is 16.8. The zero-order valence-electron chi connectivity index (χ0n) is 20.2. The van der Waals surface area contributed by atoms with Crippen molar-refractivity contribution in [2.75, 3.05) is 30.0 Å². The first kappa shape index (κ1) is 24.9. The van der Waals surface area contributed by atoms with Crippen molar-refractivity contribution in [3.8, 4) is 0 Å². The van der Waals surface area contributed by atoms with Gasteiger partial charge in [-0.1, -0.05) is 24.6 Å². The summed E-state index contributed by atoms with van der Waals surface area (Å²) in [6, 6.07) is 7.51. The van der Waals surface area contributed by atoms with Crippen molar-refractivity contribution in [2.45, 2.75) is 46.5 Å². The molecule has 9 heteroatoms. The van der Waals surface area contributed by atoms with Gasteiger partial charge in [0.1, 0.15) is 5.00 Å². The van der Waals surface area contributed by atoms with Gasteiger partial charge in [0.15, 0.2) is 6.61 Å². The van der Waals surface area contributed by atoms with Gasteiger partial charge in [0.05, 0.1) is 18.1 Å². The van der Waals surface area contributed by atoms with E-state index < -0.39 is 30.4 Å². The molecule has 186 valence electrons. The van der Waals surface area contributed by atoms with Gasteiger partial charge in [-0.3, -0.25) is 14.4 Å². The van der Waals surface area contributed by atoms with Crippen LogP contribution in [-0.2, 0) is 36.7 Å². The molecule has 2 aromatic rings. The summed E-state index contributed by atoms with van der Waals surface area (Å²) in [5, 5.41) is 3.18. The molecule has 1 aromatic carbocycles. The summed E-state index contributed by atoms with van der Waals surface area (Å²) >= 11 is 1.38. The zero-order chi connectivity index (χ0) is 25.1. The molecular formula is C26H30N2O6S. The maximum Gasteiger partial charge on any atom is 0.341 e. The van der Waals surface area contributed by atoms with Gasteiger partial charge in [-0.2, -0.15) is 0 Å². The molecule has 2 atom stereocenters. The molecule has 1 saturated heterocycles. The van der Waals surface area contributed by atoms with Gasteiger partial charge < -0.3 is 19.7 Å². The fourth-order valence-corrected chi connectivity index (χ4v) is 5.93. The predicted molar refractivity (Wildman–Crippen MR) is 133 cm³/mol. The summed E-state index contributed by atoms with van der Waals surface area (Å²) in [4.78, 5) is 52.9. The van der Waals surface area contributed by atoms with Crippen LogP contribution < -0.4 is 10.2 Å². The molecule has 0 saturated carbocycles. The molecule has 2 heterocycles. The van der Waals surface area contributed by atoms with Crippen molar-refractivity contribution in [3.05, 3.63) is 45.8 Å². The highest BCUT2D eigenvalue weighted by Crippen LogP contribution is 2.40. The molecule has 8 nitrogen and oxygen atoms in total. The maximum absolute atomic E-state index is 12.6. The molecule has 2 amide bonds. The predicted octanol–water partition coefficient (Wildman–Crippen LogP) is 3.89. The van der Waals surface area contributed by atoms with Crippen LogP contribution >= 0.6 is 11.3 Å². The smallest absolute Gasteiger partial charge is 0.341 e. The van der Waals surface area contributed by atoms with Crippen molar-refractivity contribution >= 4 is 45.8 Å². The van der Waals surface area contributed by atoms with Crippen LogP contribution in [0.4, 0.5) is 10.7 Å². The highest BCUT2D eigenvalue weighted by atomic mass is 32.1. The normalized spacial score (nSPS) is 19.3. The van der Waals surface area contributed by atoms with Gasteiger partial charge in [-0.05, 0) is 56.7 Å². The van der Waals surface area contributed by atoms with Crippen molar-refractivity contribution in [1.29, 1.82) is 0 Å². The number of amides is 2. The second kappa shape index (κ2) is 10.6. The van der Waals surface area contributed by atoms with Gasteiger partial charge in [-0.25, -0.2) is 4.79 Å². The van der Waals surface area contributed by atoms with E-state index >= 15 is 0 Å². The summed E-state index contributed by atoms with van der Waals surface area (Å²) in [5.41, 5.74) is 3.17. The van der Waals surface area contributed by atoms with Gasteiger partial charge in [0, 0.05) is 23.5 Å². The standard InChI is InChI=1S/C26H30N2O6S/c1-4-33-26(32)23-19-10-7-16(3)11-20(19)35-24(23)27-21(29)14-34-25(31)17-12-22(30)28(13-17)18-8-5-15(2)6-9-18/h5-6,8-9,16-17H,4,7,10-14H2,1-3H3,(H,27,29). The number of thiophene rings is 1. The Balaban J connectivity index is 1.37. The number of esters is 2. The van der Waals surface area contributed by atoms with Gasteiger partial charge in [0.2, 0.25) is 5.91 Å². The number of aryl methyl sites for hydroxylation is 1. The van der Waals surface area contributed by atoms with E-state index in [1.165, 1.54) is 11.3 Å². The van der Waals surface area contributed by atoms with E-state index in [-0.39, 0.29) is 25.5 Å². The number of rotatable bonds is 7. The monoisotopic (exact) mass is 498 g/mol. The van der Waals surface area contributed by atoms with E-state index in [0.717, 1.165) is 41.0 Å². The molecule has 2 aliphatic rings. The van der Waals surface area contributed by atoms with Gasteiger partial charge in [0.25, 0.3) is 5.91 Å². The summed E-state index contributed by atoms with van der Waals surface area (Å²) in [5.74, 6) is -1.86. The first-order valence-electron chi connectivity index (χ1n) is 11.9. The number of ether oxygens (including phenoxy) is 2. The number of fused-ring (bicyclic) bond motifs is 1. The molecule has 0 bridgehead atoms. The lowest BCUT2D eigenvalue weighted by molar-refractivity contribution is -0.151. The summed E-state index contributed by atoms with van der Waals surface area (Å²) in [6.45, 7) is 5.83. The Kier molecular flexibility index (Phi) is 7.54. The first-order valence-corrected chi connectivity index (χ1v) is 12.7. The Labute approximate surface area is 208 Å². The molecule has 1 aromatic heterocycles. The lowest BCUT2D eigenvalue weighted by Crippen LogP contribution is -2.28. The summed E-state index contributed by atoms with van der Waals surface area (Å²) in [6.07, 6.45) is 2.63. The van der Waals surface area contributed by atoms with Gasteiger partial charge >= 0.3 is 11.9 Å². The number of carbonyl (C=O) groups excluding carboxylic acids is 4. The Hall–Kier alpha value is -3.20. The molecule has 0 radical (unpaired) electrons. The third kappa shape index (κ3) is 5.56. The lowest BCUT2D eigenvalue weighted by atomic mass is 9.88. The minimum Gasteiger partial charge on any atom is -0.462 e. The van der Waals surface area contributed by atoms with E-state index in [1.807, 2.05) is 31.2 Å². The average Bonchev–Trinajstić information content (AvgIpc) is 3.38. The number of benzene rings is 1. The van der Waals surface area contributed by atoms with E-state index in [1.54, 1.807) is 11.8 Å². The maximum atomic E-state index is 12.6. The second-order valence-electron chi connectivity index (χ2n) is 9.17. The largest absolute Gasteiger partial charge is 0.462 e. The number of hydrogen-bond donors (Lipinski definition) is 1. The molecule has 2 unspecified atom stereocenters. The molecule has 0 spiro atoms. The van der Waals surface area contributed by atoms with Crippen molar-refractivity contribution in [1.82, 2.24) is 0 Å². The molecule has 4 rings (SSSR count). The molecule has 1 aliphatic carbocycles. The van der Waals surface area contributed by atoms with Crippen molar-refractivity contribution < 1.29 is 28.7 Å². The van der Waals surface area contributed by atoms with Crippen molar-refractivity contribution in [2.24, 2.45) is 11.8 Å². The Morgan fingerprint density at radius 2 is 1.89 bits per heavy atom. The molecule has 35 heavy (non-hydrogen) atoms. The number of nitrogens with zero attached hydrogens (tertiary/aromatic N) is 1. The summed E-state index contributed by atoms with van der Waals surface area (Å²) < 4.78 is 10.5. The Morgan fingerprint density at radius 1 is 1.14 bits per heavy atom. The number of hydrogen-bond acceptors (Lipinski definition) is 7. The minimum atomic E-state index is -0.637. The van der Waals surface area contributed by atoms with Crippen LogP contribution in [0.2, 0.25) is 0 Å². The fourth-order valence-electron chi connectivity index (χ4n) is 4.51. The Bertz CT molecular complexity index is 1140. The zero-order valence-corrected chi connectivity index (χ0v) is 21.0. The van der Waals surface area contributed by atoms with Gasteiger partial charge in [-0.15, -0.1) is 11.3 Å². The highest BCUT2D eigenvalue weighted by Gasteiger charge is 2.36. The van der Waals surface area contributed by atoms with E-state index in [4.69, 9.17) is 9.47 Å². The third-order valence-corrected chi connectivity index (χ3v) is 7.56. The van der Waals surface area contributed by atoms with E-state index in [9.17, 15) is 19.2 Å². The second-order valence-corrected chi connectivity index (χ2v) is 10.3. The molecule has 1 N–H and O–H groups in total. The van der Waals surface area contributed by atoms with Crippen LogP contribution in [0.25, 0.3) is 0 Å². The Morgan fingerprint density at radius 3 is 2.60 bits per heavy atom. The van der Waals surface area contributed by atoms with Crippen LogP contribution in [0.5, 0.6) is 0 Å². The number of nitrogens with one attached hydrogen (secondary N) is 1. The topological polar surface area (TPSA) is 102 Å².